The monoisotopic (exact) mass is 179 g/mol. The van der Waals surface area contributed by atoms with Crippen LogP contribution in [0.2, 0.25) is 0 Å². The molecule has 4 fully saturated rings. The zero-order chi connectivity index (χ0) is 8.89. The van der Waals surface area contributed by atoms with Gasteiger partial charge in [-0.25, -0.2) is 0 Å². The number of hydrogen-bond donors (Lipinski definition) is 0. The summed E-state index contributed by atoms with van der Waals surface area (Å²) in [5, 5.41) is 0. The quantitative estimate of drug-likeness (QED) is 0.632. The van der Waals surface area contributed by atoms with Crippen LogP contribution in [0, 0.1) is 24.4 Å². The zero-order valence-electron chi connectivity index (χ0n) is 8.46. The highest BCUT2D eigenvalue weighted by molar-refractivity contribution is 5.03. The molecule has 0 aromatic rings. The van der Waals surface area contributed by atoms with Crippen molar-refractivity contribution in [2.75, 3.05) is 0 Å². The smallest absolute Gasteiger partial charge is 0.0813 e. The lowest BCUT2D eigenvalue weighted by atomic mass is 9.54. The van der Waals surface area contributed by atoms with Gasteiger partial charge in [-0.3, -0.25) is 0 Å². The van der Waals surface area contributed by atoms with Crippen molar-refractivity contribution in [3.63, 3.8) is 0 Å². The Morgan fingerprint density at radius 3 is 1.85 bits per heavy atom. The van der Waals surface area contributed by atoms with E-state index >= 15 is 0 Å². The van der Waals surface area contributed by atoms with Crippen LogP contribution in [-0.4, -0.2) is 5.60 Å². The fourth-order valence-electron chi connectivity index (χ4n) is 4.43. The summed E-state index contributed by atoms with van der Waals surface area (Å²) in [6, 6.07) is 0. The van der Waals surface area contributed by atoms with E-state index in [1.54, 1.807) is 0 Å². The fourth-order valence-corrected chi connectivity index (χ4v) is 4.43. The molecule has 1 nitrogen and oxygen atoms in total. The maximum Gasteiger partial charge on any atom is 0.0813 e. The molecule has 0 atom stereocenters. The maximum absolute atomic E-state index is 5.92. The summed E-state index contributed by atoms with van der Waals surface area (Å²) < 4.78 is 5.92. The van der Waals surface area contributed by atoms with Gasteiger partial charge in [0.25, 0.3) is 0 Å². The van der Waals surface area contributed by atoms with Gasteiger partial charge in [-0.1, -0.05) is 0 Å². The first kappa shape index (κ1) is 8.28. The number of ether oxygens (including phenoxy) is 1. The van der Waals surface area contributed by atoms with Crippen LogP contribution in [0.25, 0.3) is 0 Å². The zero-order valence-corrected chi connectivity index (χ0v) is 8.46. The van der Waals surface area contributed by atoms with Gasteiger partial charge in [0.1, 0.15) is 0 Å². The van der Waals surface area contributed by atoms with E-state index in [-0.39, 0.29) is 0 Å². The first-order valence-corrected chi connectivity index (χ1v) is 5.75. The number of rotatable bonds is 2. The van der Waals surface area contributed by atoms with Crippen molar-refractivity contribution in [3.8, 4) is 0 Å². The van der Waals surface area contributed by atoms with Crippen molar-refractivity contribution in [2.24, 2.45) is 17.8 Å². The Bertz CT molecular complexity index is 174. The van der Waals surface area contributed by atoms with E-state index in [9.17, 15) is 0 Å². The van der Waals surface area contributed by atoms with Crippen LogP contribution in [0.15, 0.2) is 0 Å². The highest BCUT2D eigenvalue weighted by Crippen LogP contribution is 2.57. The Hall–Kier alpha value is -0.0400. The van der Waals surface area contributed by atoms with Gasteiger partial charge in [-0.2, -0.15) is 0 Å². The Morgan fingerprint density at radius 1 is 1.00 bits per heavy atom. The maximum atomic E-state index is 5.92. The summed E-state index contributed by atoms with van der Waals surface area (Å²) in [6.45, 7) is 3.95. The Morgan fingerprint density at radius 2 is 1.46 bits per heavy atom. The molecule has 0 unspecified atom stereocenters. The average molecular weight is 179 g/mol. The largest absolute Gasteiger partial charge is 0.369 e. The van der Waals surface area contributed by atoms with E-state index in [1.165, 1.54) is 38.5 Å². The van der Waals surface area contributed by atoms with Crippen LogP contribution in [0.4, 0.5) is 0 Å². The molecular formula is C12H19O. The minimum atomic E-state index is 0.295. The standard InChI is InChI=1S/C12H19O/c1-2-13-12-6-9-3-10(7-12)5-11(4-9)8-12/h2,9-11H,3-8H2,1H3. The van der Waals surface area contributed by atoms with Crippen molar-refractivity contribution < 1.29 is 4.74 Å². The van der Waals surface area contributed by atoms with Crippen LogP contribution in [0.1, 0.15) is 45.4 Å². The van der Waals surface area contributed by atoms with Crippen molar-refractivity contribution in [3.05, 3.63) is 6.61 Å². The molecule has 0 heterocycles. The normalized spacial score (nSPS) is 52.8. The third-order valence-corrected chi connectivity index (χ3v) is 4.35. The van der Waals surface area contributed by atoms with Gasteiger partial charge in [-0.15, -0.1) is 0 Å². The Labute approximate surface area is 80.8 Å². The molecule has 0 N–H and O–H groups in total. The highest BCUT2D eigenvalue weighted by Gasteiger charge is 2.51. The third kappa shape index (κ3) is 1.24. The van der Waals surface area contributed by atoms with E-state index in [1.807, 2.05) is 13.5 Å². The van der Waals surface area contributed by atoms with Gasteiger partial charge >= 0.3 is 0 Å². The molecule has 73 valence electrons. The summed E-state index contributed by atoms with van der Waals surface area (Å²) in [5.41, 5.74) is 0.295. The van der Waals surface area contributed by atoms with E-state index in [2.05, 4.69) is 0 Å². The molecule has 0 aromatic heterocycles. The molecule has 4 bridgehead atoms. The second kappa shape index (κ2) is 2.73. The Balaban J connectivity index is 1.83. The molecule has 4 rings (SSSR count). The summed E-state index contributed by atoms with van der Waals surface area (Å²) in [5.74, 6) is 3.02. The van der Waals surface area contributed by atoms with E-state index in [4.69, 9.17) is 4.74 Å². The minimum Gasteiger partial charge on any atom is -0.369 e. The first-order chi connectivity index (χ1) is 6.30. The van der Waals surface area contributed by atoms with E-state index < -0.39 is 0 Å². The van der Waals surface area contributed by atoms with Gasteiger partial charge in [0.15, 0.2) is 0 Å². The molecule has 0 aromatic carbocycles. The molecule has 4 aliphatic rings. The van der Waals surface area contributed by atoms with Crippen LogP contribution in [0.5, 0.6) is 0 Å². The molecule has 4 aliphatic carbocycles. The molecule has 1 heteroatoms. The van der Waals surface area contributed by atoms with Gasteiger partial charge in [0.05, 0.1) is 12.2 Å². The van der Waals surface area contributed by atoms with Gasteiger partial charge < -0.3 is 4.74 Å². The van der Waals surface area contributed by atoms with Gasteiger partial charge in [0.2, 0.25) is 0 Å². The van der Waals surface area contributed by atoms with E-state index in [0.717, 1.165) is 17.8 Å². The predicted octanol–water partition coefficient (Wildman–Crippen LogP) is 3.15. The van der Waals surface area contributed by atoms with Gasteiger partial charge in [0, 0.05) is 0 Å². The van der Waals surface area contributed by atoms with Gasteiger partial charge in [-0.05, 0) is 63.2 Å². The van der Waals surface area contributed by atoms with E-state index in [0.29, 0.717) is 5.60 Å². The lowest BCUT2D eigenvalue weighted by Gasteiger charge is -2.56. The lowest BCUT2D eigenvalue weighted by Crippen LogP contribution is -2.51. The van der Waals surface area contributed by atoms with Crippen molar-refractivity contribution in [2.45, 2.75) is 51.0 Å². The minimum absolute atomic E-state index is 0.295. The van der Waals surface area contributed by atoms with Crippen LogP contribution >= 0.6 is 0 Å². The molecule has 0 spiro atoms. The van der Waals surface area contributed by atoms with Crippen LogP contribution < -0.4 is 0 Å². The third-order valence-electron chi connectivity index (χ3n) is 4.35. The molecule has 0 saturated heterocycles. The number of hydrogen-bond acceptors (Lipinski definition) is 1. The highest BCUT2D eigenvalue weighted by atomic mass is 16.5. The summed E-state index contributed by atoms with van der Waals surface area (Å²) >= 11 is 0. The second-order valence-electron chi connectivity index (χ2n) is 5.45. The Kier molecular flexibility index (Phi) is 1.74. The summed E-state index contributed by atoms with van der Waals surface area (Å²) in [4.78, 5) is 0. The molecule has 0 aliphatic heterocycles. The van der Waals surface area contributed by atoms with Crippen molar-refractivity contribution >= 4 is 0 Å². The molecule has 0 amide bonds. The van der Waals surface area contributed by atoms with Crippen LogP contribution in [0.3, 0.4) is 0 Å². The summed E-state index contributed by atoms with van der Waals surface area (Å²) in [7, 11) is 0. The van der Waals surface area contributed by atoms with Crippen LogP contribution in [-0.2, 0) is 4.74 Å². The molecule has 1 radical (unpaired) electrons. The topological polar surface area (TPSA) is 9.23 Å². The SMILES string of the molecule is C[CH]OC12CC3CC(CC(C3)C1)C2. The lowest BCUT2D eigenvalue weighted by molar-refractivity contribution is -0.141. The molecular weight excluding hydrogens is 160 g/mol. The second-order valence-corrected chi connectivity index (χ2v) is 5.45. The summed E-state index contributed by atoms with van der Waals surface area (Å²) in [6.07, 6.45) is 8.57. The predicted molar refractivity (Wildman–Crippen MR) is 52.0 cm³/mol. The first-order valence-electron chi connectivity index (χ1n) is 5.75. The fraction of sp³-hybridized carbons (Fsp3) is 0.917. The molecule has 4 saturated carbocycles. The van der Waals surface area contributed by atoms with Crippen molar-refractivity contribution in [1.82, 2.24) is 0 Å². The molecule has 13 heavy (non-hydrogen) atoms. The van der Waals surface area contributed by atoms with Crippen molar-refractivity contribution in [1.29, 1.82) is 0 Å². The average Bonchev–Trinajstić information content (AvgIpc) is 2.00.